The molecule has 82 valence electrons. The Morgan fingerprint density at radius 2 is 1.94 bits per heavy atom. The third kappa shape index (κ3) is 1.14. The number of aliphatic hydroxyl groups excluding tert-OH is 1. The molecular formula is C16H12O. The maximum atomic E-state index is 9.72. The minimum absolute atomic E-state index is 0.343. The van der Waals surface area contributed by atoms with Gasteiger partial charge in [-0.15, -0.1) is 0 Å². The van der Waals surface area contributed by atoms with E-state index in [1.165, 1.54) is 27.9 Å². The van der Waals surface area contributed by atoms with E-state index >= 15 is 0 Å². The molecule has 0 spiro atoms. The summed E-state index contributed by atoms with van der Waals surface area (Å²) < 4.78 is 0. The summed E-state index contributed by atoms with van der Waals surface area (Å²) in [6.45, 7) is 0. The molecule has 0 aromatic rings. The lowest BCUT2D eigenvalue weighted by atomic mass is 9.69. The highest BCUT2D eigenvalue weighted by Gasteiger charge is 2.32. The molecule has 0 radical (unpaired) electrons. The Hall–Kier alpha value is -2.02. The summed E-state index contributed by atoms with van der Waals surface area (Å²) in [5.74, 6) is 0.704. The normalized spacial score (nSPS) is 28.1. The van der Waals surface area contributed by atoms with Gasteiger partial charge < -0.3 is 5.11 Å². The highest BCUT2D eigenvalue weighted by atomic mass is 16.3. The molecule has 0 heterocycles. The van der Waals surface area contributed by atoms with Gasteiger partial charge in [0.05, 0.1) is 0 Å². The van der Waals surface area contributed by atoms with E-state index in [2.05, 4.69) is 36.5 Å². The smallest absolute Gasteiger partial charge is 0.116 e. The van der Waals surface area contributed by atoms with Crippen molar-refractivity contribution in [3.05, 3.63) is 82.2 Å². The van der Waals surface area contributed by atoms with E-state index in [9.17, 15) is 5.11 Å². The van der Waals surface area contributed by atoms with E-state index in [4.69, 9.17) is 0 Å². The molecule has 1 unspecified atom stereocenters. The number of hydrogen-bond acceptors (Lipinski definition) is 1. The second-order valence-electron chi connectivity index (χ2n) is 4.81. The third-order valence-corrected chi connectivity index (χ3v) is 3.81. The predicted octanol–water partition coefficient (Wildman–Crippen LogP) is 3.68. The monoisotopic (exact) mass is 220 g/mol. The average molecular weight is 220 g/mol. The maximum absolute atomic E-state index is 9.72. The second-order valence-corrected chi connectivity index (χ2v) is 4.81. The summed E-state index contributed by atoms with van der Waals surface area (Å²) in [6.07, 6.45) is 17.8. The molecule has 1 heteroatoms. The Morgan fingerprint density at radius 1 is 1.00 bits per heavy atom. The molecule has 0 aliphatic heterocycles. The van der Waals surface area contributed by atoms with Crippen molar-refractivity contribution >= 4 is 0 Å². The molecule has 17 heavy (non-hydrogen) atoms. The Balaban J connectivity index is 2.02. The van der Waals surface area contributed by atoms with Gasteiger partial charge in [0.15, 0.2) is 0 Å². The van der Waals surface area contributed by atoms with Crippen molar-refractivity contribution in [2.24, 2.45) is 5.92 Å². The van der Waals surface area contributed by atoms with Crippen LogP contribution >= 0.6 is 0 Å². The van der Waals surface area contributed by atoms with Crippen LogP contribution in [0.25, 0.3) is 0 Å². The lowest BCUT2D eigenvalue weighted by Gasteiger charge is -2.35. The molecule has 4 aliphatic rings. The molecule has 0 amide bonds. The van der Waals surface area contributed by atoms with Crippen molar-refractivity contribution in [1.82, 2.24) is 0 Å². The summed E-state index contributed by atoms with van der Waals surface area (Å²) in [6, 6.07) is 0. The molecule has 1 N–H and O–H groups in total. The van der Waals surface area contributed by atoms with Crippen molar-refractivity contribution in [3.63, 3.8) is 0 Å². The fraction of sp³-hybridized carbons (Fsp3) is 0.125. The first kappa shape index (κ1) is 9.06. The van der Waals surface area contributed by atoms with Gasteiger partial charge in [0.25, 0.3) is 0 Å². The van der Waals surface area contributed by atoms with Crippen molar-refractivity contribution in [1.29, 1.82) is 0 Å². The summed E-state index contributed by atoms with van der Waals surface area (Å²) in [7, 11) is 0. The van der Waals surface area contributed by atoms with E-state index in [0.717, 1.165) is 6.42 Å². The molecule has 4 rings (SSSR count). The van der Waals surface area contributed by atoms with Gasteiger partial charge in [-0.1, -0.05) is 36.5 Å². The number of rotatable bonds is 0. The van der Waals surface area contributed by atoms with E-state index in [1.807, 2.05) is 12.2 Å². The van der Waals surface area contributed by atoms with Crippen molar-refractivity contribution in [2.75, 3.05) is 0 Å². The SMILES string of the molecule is OC1=CC2=CC=C3C=CCC4=C3C2C(=C1)C=C4. The van der Waals surface area contributed by atoms with E-state index in [0.29, 0.717) is 11.7 Å². The Kier molecular flexibility index (Phi) is 1.60. The fourth-order valence-corrected chi connectivity index (χ4v) is 3.10. The molecular weight excluding hydrogens is 208 g/mol. The molecule has 0 bridgehead atoms. The van der Waals surface area contributed by atoms with Crippen LogP contribution in [-0.2, 0) is 0 Å². The van der Waals surface area contributed by atoms with Crippen LogP contribution in [0.5, 0.6) is 0 Å². The lowest BCUT2D eigenvalue weighted by molar-refractivity contribution is 0.427. The average Bonchev–Trinajstić information content (AvgIpc) is 2.35. The third-order valence-electron chi connectivity index (χ3n) is 3.81. The maximum Gasteiger partial charge on any atom is 0.116 e. The standard InChI is InChI=1S/C16H12O/c17-14-8-12-6-4-10-2-1-3-11-5-7-13(9-14)16(12)15(10)11/h1-2,4-9,16-17H,3H2. The Bertz CT molecular complexity index is 630. The first-order valence-corrected chi connectivity index (χ1v) is 5.95. The molecule has 0 saturated carbocycles. The molecule has 1 atom stereocenters. The zero-order chi connectivity index (χ0) is 11.4. The largest absolute Gasteiger partial charge is 0.508 e. The fourth-order valence-electron chi connectivity index (χ4n) is 3.10. The van der Waals surface area contributed by atoms with E-state index < -0.39 is 0 Å². The first-order valence-electron chi connectivity index (χ1n) is 5.95. The van der Waals surface area contributed by atoms with Crippen molar-refractivity contribution in [3.8, 4) is 0 Å². The van der Waals surface area contributed by atoms with Crippen LogP contribution in [-0.4, -0.2) is 5.11 Å². The van der Waals surface area contributed by atoms with Crippen molar-refractivity contribution < 1.29 is 5.11 Å². The number of allylic oxidation sites excluding steroid dienone is 13. The van der Waals surface area contributed by atoms with Crippen LogP contribution in [0.1, 0.15) is 6.42 Å². The quantitative estimate of drug-likeness (QED) is 0.660. The van der Waals surface area contributed by atoms with Gasteiger partial charge in [-0.3, -0.25) is 0 Å². The van der Waals surface area contributed by atoms with E-state index in [1.54, 1.807) is 0 Å². The molecule has 0 aromatic carbocycles. The van der Waals surface area contributed by atoms with Gasteiger partial charge in [-0.2, -0.15) is 0 Å². The molecule has 1 nitrogen and oxygen atoms in total. The van der Waals surface area contributed by atoms with E-state index in [-0.39, 0.29) is 0 Å². The Labute approximate surface area is 100 Å². The highest BCUT2D eigenvalue weighted by Crippen LogP contribution is 2.46. The minimum Gasteiger partial charge on any atom is -0.508 e. The lowest BCUT2D eigenvalue weighted by Crippen LogP contribution is -2.21. The topological polar surface area (TPSA) is 20.2 Å². The highest BCUT2D eigenvalue weighted by molar-refractivity contribution is 5.67. The van der Waals surface area contributed by atoms with Crippen LogP contribution in [0.4, 0.5) is 0 Å². The van der Waals surface area contributed by atoms with Gasteiger partial charge in [0.1, 0.15) is 5.76 Å². The summed E-state index contributed by atoms with van der Waals surface area (Å²) >= 11 is 0. The minimum atomic E-state index is 0.343. The first-order chi connectivity index (χ1) is 8.33. The van der Waals surface area contributed by atoms with Crippen LogP contribution < -0.4 is 0 Å². The van der Waals surface area contributed by atoms with Gasteiger partial charge >= 0.3 is 0 Å². The summed E-state index contributed by atoms with van der Waals surface area (Å²) in [5, 5.41) is 9.72. The van der Waals surface area contributed by atoms with Crippen molar-refractivity contribution in [2.45, 2.75) is 6.42 Å². The Morgan fingerprint density at radius 3 is 2.88 bits per heavy atom. The molecule has 0 fully saturated rings. The van der Waals surface area contributed by atoms with Crippen LogP contribution in [0, 0.1) is 5.92 Å². The summed E-state index contributed by atoms with van der Waals surface area (Å²) in [5.41, 5.74) is 6.58. The van der Waals surface area contributed by atoms with Gasteiger partial charge in [-0.25, -0.2) is 0 Å². The van der Waals surface area contributed by atoms with Gasteiger partial charge in [0.2, 0.25) is 0 Å². The number of aliphatic hydroxyl groups is 1. The summed E-state index contributed by atoms with van der Waals surface area (Å²) in [4.78, 5) is 0. The van der Waals surface area contributed by atoms with Gasteiger partial charge in [0, 0.05) is 5.92 Å². The zero-order valence-electron chi connectivity index (χ0n) is 9.35. The van der Waals surface area contributed by atoms with Crippen LogP contribution in [0.3, 0.4) is 0 Å². The van der Waals surface area contributed by atoms with Crippen LogP contribution in [0.15, 0.2) is 82.2 Å². The zero-order valence-corrected chi connectivity index (χ0v) is 9.35. The molecule has 0 aromatic heterocycles. The second kappa shape index (κ2) is 3.01. The predicted molar refractivity (Wildman–Crippen MR) is 68.4 cm³/mol. The molecule has 4 aliphatic carbocycles. The number of hydrogen-bond donors (Lipinski definition) is 1. The molecule has 0 saturated heterocycles. The van der Waals surface area contributed by atoms with Gasteiger partial charge in [-0.05, 0) is 46.4 Å². The van der Waals surface area contributed by atoms with Crippen LogP contribution in [0.2, 0.25) is 0 Å².